The molecule has 0 spiro atoms. The molecule has 1 unspecified atom stereocenters. The maximum absolute atomic E-state index is 11.8. The fourth-order valence-corrected chi connectivity index (χ4v) is 2.21. The highest BCUT2D eigenvalue weighted by molar-refractivity contribution is 7.89. The van der Waals surface area contributed by atoms with E-state index in [0.717, 1.165) is 4.31 Å². The van der Waals surface area contributed by atoms with Crippen LogP contribution in [0.4, 0.5) is 4.39 Å². The van der Waals surface area contributed by atoms with Gasteiger partial charge in [-0.3, -0.25) is 9.18 Å². The van der Waals surface area contributed by atoms with Crippen LogP contribution >= 0.6 is 0 Å². The van der Waals surface area contributed by atoms with Gasteiger partial charge in [-0.05, 0) is 6.42 Å². The summed E-state index contributed by atoms with van der Waals surface area (Å²) in [5.41, 5.74) is 0. The van der Waals surface area contributed by atoms with Crippen molar-refractivity contribution in [2.24, 2.45) is 5.92 Å². The third kappa shape index (κ3) is 5.08. The minimum atomic E-state index is -3.52. The molecule has 90 valence electrons. The van der Waals surface area contributed by atoms with E-state index in [2.05, 4.69) is 0 Å². The number of rotatable bonds is 7. The zero-order valence-corrected chi connectivity index (χ0v) is 9.63. The number of hydrogen-bond donors (Lipinski definition) is 1. The second-order valence-electron chi connectivity index (χ2n) is 3.38. The van der Waals surface area contributed by atoms with Crippen LogP contribution in [-0.2, 0) is 14.8 Å². The van der Waals surface area contributed by atoms with E-state index in [1.54, 1.807) is 0 Å². The Morgan fingerprint density at radius 3 is 2.47 bits per heavy atom. The molecule has 0 aliphatic heterocycles. The van der Waals surface area contributed by atoms with Crippen molar-refractivity contribution in [3.05, 3.63) is 0 Å². The minimum absolute atomic E-state index is 0.0614. The summed E-state index contributed by atoms with van der Waals surface area (Å²) in [5, 5.41) is 8.59. The average molecular weight is 241 g/mol. The van der Waals surface area contributed by atoms with E-state index in [1.165, 1.54) is 14.0 Å². The predicted octanol–water partition coefficient (Wildman–Crippen LogP) is 0.328. The van der Waals surface area contributed by atoms with Gasteiger partial charge >= 0.3 is 5.97 Å². The Bertz CT molecular complexity index is 304. The SMILES string of the molecule is CC(CN(C)S(=O)(=O)CCCF)C(=O)O. The van der Waals surface area contributed by atoms with Crippen LogP contribution < -0.4 is 0 Å². The summed E-state index contributed by atoms with van der Waals surface area (Å²) >= 11 is 0. The van der Waals surface area contributed by atoms with E-state index in [0.29, 0.717) is 0 Å². The molecular weight excluding hydrogens is 225 g/mol. The molecule has 0 saturated heterocycles. The Kier molecular flexibility index (Phi) is 5.74. The highest BCUT2D eigenvalue weighted by Gasteiger charge is 2.22. The van der Waals surface area contributed by atoms with E-state index in [9.17, 15) is 17.6 Å². The maximum atomic E-state index is 11.8. The fraction of sp³-hybridized carbons (Fsp3) is 0.875. The summed E-state index contributed by atoms with van der Waals surface area (Å²) in [4.78, 5) is 10.5. The molecule has 1 atom stereocenters. The summed E-state index contributed by atoms with van der Waals surface area (Å²) in [6, 6.07) is 0. The number of carbonyl (C=O) groups is 1. The molecule has 0 aromatic heterocycles. The van der Waals surface area contributed by atoms with Crippen LogP contribution in [0.5, 0.6) is 0 Å². The van der Waals surface area contributed by atoms with Crippen LogP contribution in [0.25, 0.3) is 0 Å². The van der Waals surface area contributed by atoms with Crippen molar-refractivity contribution in [1.29, 1.82) is 0 Å². The molecule has 0 amide bonds. The van der Waals surface area contributed by atoms with Gasteiger partial charge in [0.05, 0.1) is 18.3 Å². The van der Waals surface area contributed by atoms with Gasteiger partial charge < -0.3 is 5.11 Å². The monoisotopic (exact) mass is 241 g/mol. The van der Waals surface area contributed by atoms with Crippen LogP contribution in [0.1, 0.15) is 13.3 Å². The molecule has 5 nitrogen and oxygen atoms in total. The topological polar surface area (TPSA) is 74.7 Å². The quantitative estimate of drug-likeness (QED) is 0.697. The Balaban J connectivity index is 4.31. The molecule has 0 aromatic carbocycles. The van der Waals surface area contributed by atoms with E-state index in [-0.39, 0.29) is 18.7 Å². The first-order valence-corrected chi connectivity index (χ1v) is 6.15. The number of carboxylic acid groups (broad SMARTS) is 1. The van der Waals surface area contributed by atoms with Gasteiger partial charge in [-0.1, -0.05) is 6.92 Å². The van der Waals surface area contributed by atoms with Crippen molar-refractivity contribution >= 4 is 16.0 Å². The van der Waals surface area contributed by atoms with Gasteiger partial charge in [-0.25, -0.2) is 12.7 Å². The van der Waals surface area contributed by atoms with Gasteiger partial charge in [0.1, 0.15) is 0 Å². The van der Waals surface area contributed by atoms with Crippen molar-refractivity contribution in [2.45, 2.75) is 13.3 Å². The Labute approximate surface area is 88.9 Å². The second-order valence-corrected chi connectivity index (χ2v) is 5.57. The Morgan fingerprint density at radius 2 is 2.07 bits per heavy atom. The number of alkyl halides is 1. The van der Waals surface area contributed by atoms with Gasteiger partial charge in [0.15, 0.2) is 0 Å². The summed E-state index contributed by atoms with van der Waals surface area (Å²) in [6.07, 6.45) is -0.0614. The number of sulfonamides is 1. The van der Waals surface area contributed by atoms with E-state index >= 15 is 0 Å². The summed E-state index contributed by atoms with van der Waals surface area (Å²) < 4.78 is 35.6. The third-order valence-corrected chi connectivity index (χ3v) is 3.87. The Hall–Kier alpha value is -0.690. The summed E-state index contributed by atoms with van der Waals surface area (Å²) in [7, 11) is -2.22. The number of nitrogens with zero attached hydrogens (tertiary/aromatic N) is 1. The molecule has 15 heavy (non-hydrogen) atoms. The molecule has 0 fully saturated rings. The lowest BCUT2D eigenvalue weighted by atomic mass is 10.2. The molecule has 1 N–H and O–H groups in total. The molecule has 0 saturated carbocycles. The lowest BCUT2D eigenvalue weighted by molar-refractivity contribution is -0.141. The van der Waals surface area contributed by atoms with Crippen LogP contribution in [0, 0.1) is 5.92 Å². The van der Waals surface area contributed by atoms with E-state index < -0.39 is 28.6 Å². The van der Waals surface area contributed by atoms with Crippen molar-refractivity contribution in [3.8, 4) is 0 Å². The van der Waals surface area contributed by atoms with Crippen LogP contribution in [0.3, 0.4) is 0 Å². The lowest BCUT2D eigenvalue weighted by Gasteiger charge is -2.18. The number of halogens is 1. The highest BCUT2D eigenvalue weighted by atomic mass is 32.2. The van der Waals surface area contributed by atoms with Crippen molar-refractivity contribution in [2.75, 3.05) is 26.0 Å². The summed E-state index contributed by atoms with van der Waals surface area (Å²) in [6.45, 7) is 0.634. The molecular formula is C8H16FNO4S. The minimum Gasteiger partial charge on any atom is -0.481 e. The first-order chi connectivity index (χ1) is 6.81. The van der Waals surface area contributed by atoms with Gasteiger partial charge in [-0.2, -0.15) is 0 Å². The molecule has 0 aromatic rings. The van der Waals surface area contributed by atoms with Gasteiger partial charge in [-0.15, -0.1) is 0 Å². The molecule has 7 heteroatoms. The van der Waals surface area contributed by atoms with Crippen LogP contribution in [-0.4, -0.2) is 49.8 Å². The summed E-state index contributed by atoms with van der Waals surface area (Å²) in [5.74, 6) is -2.11. The first-order valence-electron chi connectivity index (χ1n) is 4.54. The molecule has 0 bridgehead atoms. The number of hydrogen-bond acceptors (Lipinski definition) is 3. The number of aliphatic carboxylic acids is 1. The van der Waals surface area contributed by atoms with Gasteiger partial charge in [0.2, 0.25) is 10.0 Å². The second kappa shape index (κ2) is 6.02. The Morgan fingerprint density at radius 1 is 1.53 bits per heavy atom. The normalized spacial score (nSPS) is 14.1. The lowest BCUT2D eigenvalue weighted by Crippen LogP contribution is -2.35. The largest absolute Gasteiger partial charge is 0.481 e. The zero-order valence-electron chi connectivity index (χ0n) is 8.81. The van der Waals surface area contributed by atoms with Crippen molar-refractivity contribution in [1.82, 2.24) is 4.31 Å². The standard InChI is InChI=1S/C8H16FNO4S/c1-7(8(11)12)6-10(2)15(13,14)5-3-4-9/h7H,3-6H2,1-2H3,(H,11,12). The fourth-order valence-electron chi connectivity index (χ4n) is 0.970. The van der Waals surface area contributed by atoms with E-state index in [4.69, 9.17) is 5.11 Å². The maximum Gasteiger partial charge on any atom is 0.307 e. The molecule has 0 aliphatic carbocycles. The first kappa shape index (κ1) is 14.3. The predicted molar refractivity (Wildman–Crippen MR) is 53.8 cm³/mol. The molecule has 0 aliphatic rings. The smallest absolute Gasteiger partial charge is 0.307 e. The van der Waals surface area contributed by atoms with Crippen LogP contribution in [0.15, 0.2) is 0 Å². The molecule has 0 radical (unpaired) electrons. The average Bonchev–Trinajstić information content (AvgIpc) is 2.14. The van der Waals surface area contributed by atoms with Crippen molar-refractivity contribution in [3.63, 3.8) is 0 Å². The molecule has 0 rings (SSSR count). The molecule has 0 heterocycles. The highest BCUT2D eigenvalue weighted by Crippen LogP contribution is 2.05. The zero-order chi connectivity index (χ0) is 12.1. The van der Waals surface area contributed by atoms with Crippen molar-refractivity contribution < 1.29 is 22.7 Å². The van der Waals surface area contributed by atoms with Gasteiger partial charge in [0, 0.05) is 13.6 Å². The van der Waals surface area contributed by atoms with E-state index in [1.807, 2.05) is 0 Å². The number of carboxylic acids is 1. The third-order valence-electron chi connectivity index (χ3n) is 1.96. The van der Waals surface area contributed by atoms with Crippen LogP contribution in [0.2, 0.25) is 0 Å². The van der Waals surface area contributed by atoms with Gasteiger partial charge in [0.25, 0.3) is 0 Å².